The van der Waals surface area contributed by atoms with E-state index in [1.807, 2.05) is 24.3 Å². The van der Waals surface area contributed by atoms with Crippen LogP contribution in [0.15, 0.2) is 46.3 Å². The minimum absolute atomic E-state index is 0. The largest absolute Gasteiger partial charge is 0.380 e. The van der Waals surface area contributed by atoms with Gasteiger partial charge in [-0.15, -0.1) is 12.4 Å². The Kier molecular flexibility index (Phi) is 7.24. The third kappa shape index (κ3) is 5.39. The number of aromatic nitrogens is 2. The van der Waals surface area contributed by atoms with E-state index >= 15 is 0 Å². The van der Waals surface area contributed by atoms with E-state index in [2.05, 4.69) is 10.1 Å². The van der Waals surface area contributed by atoms with E-state index in [-0.39, 0.29) is 30.5 Å². The van der Waals surface area contributed by atoms with Gasteiger partial charge in [0.15, 0.2) is 5.96 Å². The molecule has 4 N–H and O–H groups in total. The van der Waals surface area contributed by atoms with Gasteiger partial charge in [0.25, 0.3) is 5.56 Å². The Bertz CT molecular complexity index is 709. The fourth-order valence-electron chi connectivity index (χ4n) is 1.98. The predicted octanol–water partition coefficient (Wildman–Crippen LogP) is 0.633. The van der Waals surface area contributed by atoms with E-state index in [4.69, 9.17) is 16.2 Å². The molecule has 1 aromatic heterocycles. The molecular formula is C15H20ClN5O2. The fourth-order valence-corrected chi connectivity index (χ4v) is 1.98. The minimum Gasteiger partial charge on any atom is -0.380 e. The summed E-state index contributed by atoms with van der Waals surface area (Å²) in [5.41, 5.74) is 12.9. The summed E-state index contributed by atoms with van der Waals surface area (Å²) in [6.45, 7) is 1.10. The zero-order valence-electron chi connectivity index (χ0n) is 12.8. The number of halogens is 1. The first-order chi connectivity index (χ1) is 10.6. The molecule has 0 atom stereocenters. The van der Waals surface area contributed by atoms with Crippen LogP contribution in [-0.4, -0.2) is 22.8 Å². The van der Waals surface area contributed by atoms with Crippen LogP contribution in [0.2, 0.25) is 0 Å². The van der Waals surface area contributed by atoms with Gasteiger partial charge in [-0.1, -0.05) is 24.3 Å². The molecule has 0 aliphatic heterocycles. The standard InChI is InChI=1S/C15H19N5O2.ClH/c1-22-10-12-4-2-11(3-5-12)9-20-14(21)13(6-7-19-20)8-18-15(16)17;/h2-7H,8-10H2,1H3,(H4,16,17,18);1H. The van der Waals surface area contributed by atoms with E-state index in [1.165, 1.54) is 4.68 Å². The maximum atomic E-state index is 12.3. The smallest absolute Gasteiger partial charge is 0.272 e. The average Bonchev–Trinajstić information content (AvgIpc) is 2.50. The van der Waals surface area contributed by atoms with Gasteiger partial charge in [-0.2, -0.15) is 5.10 Å². The minimum atomic E-state index is -0.200. The Balaban J connectivity index is 0.00000264. The van der Waals surface area contributed by atoms with E-state index in [9.17, 15) is 4.79 Å². The third-order valence-corrected chi connectivity index (χ3v) is 3.09. The highest BCUT2D eigenvalue weighted by molar-refractivity contribution is 5.85. The third-order valence-electron chi connectivity index (χ3n) is 3.09. The van der Waals surface area contributed by atoms with Crippen molar-refractivity contribution < 1.29 is 4.74 Å². The number of ether oxygens (including phenoxy) is 1. The number of methoxy groups -OCH3 is 1. The summed E-state index contributed by atoms with van der Waals surface area (Å²) in [6.07, 6.45) is 1.57. The van der Waals surface area contributed by atoms with Gasteiger partial charge in [-0.3, -0.25) is 4.79 Å². The maximum absolute atomic E-state index is 12.3. The molecule has 0 spiro atoms. The Hall–Kier alpha value is -2.38. The Labute approximate surface area is 140 Å². The molecule has 0 aliphatic rings. The molecule has 0 bridgehead atoms. The first-order valence-electron chi connectivity index (χ1n) is 6.77. The van der Waals surface area contributed by atoms with Gasteiger partial charge in [-0.05, 0) is 17.2 Å². The summed E-state index contributed by atoms with van der Waals surface area (Å²) in [7, 11) is 1.65. The molecule has 0 radical (unpaired) electrons. The summed E-state index contributed by atoms with van der Waals surface area (Å²) >= 11 is 0. The van der Waals surface area contributed by atoms with E-state index in [0.717, 1.165) is 11.1 Å². The molecule has 0 unspecified atom stereocenters. The van der Waals surface area contributed by atoms with Crippen molar-refractivity contribution in [1.29, 1.82) is 0 Å². The highest BCUT2D eigenvalue weighted by atomic mass is 35.5. The van der Waals surface area contributed by atoms with Gasteiger partial charge in [-0.25, -0.2) is 9.67 Å². The van der Waals surface area contributed by atoms with Crippen LogP contribution in [0.5, 0.6) is 0 Å². The van der Waals surface area contributed by atoms with E-state index < -0.39 is 0 Å². The molecule has 2 aromatic rings. The second-order valence-electron chi connectivity index (χ2n) is 4.81. The molecular weight excluding hydrogens is 318 g/mol. The van der Waals surface area contributed by atoms with Crippen LogP contribution in [0.3, 0.4) is 0 Å². The number of nitrogens with zero attached hydrogens (tertiary/aromatic N) is 3. The summed E-state index contributed by atoms with van der Waals surface area (Å²) < 4.78 is 6.46. The molecule has 1 aromatic carbocycles. The predicted molar refractivity (Wildman–Crippen MR) is 91.5 cm³/mol. The Morgan fingerprint density at radius 2 is 1.87 bits per heavy atom. The first kappa shape index (κ1) is 18.7. The van der Waals surface area contributed by atoms with Crippen molar-refractivity contribution in [2.45, 2.75) is 19.7 Å². The van der Waals surface area contributed by atoms with Crippen LogP contribution in [0.4, 0.5) is 0 Å². The van der Waals surface area contributed by atoms with E-state index in [0.29, 0.717) is 18.7 Å². The first-order valence-corrected chi connectivity index (χ1v) is 6.77. The lowest BCUT2D eigenvalue weighted by atomic mass is 10.1. The number of hydrogen-bond donors (Lipinski definition) is 2. The Morgan fingerprint density at radius 1 is 1.22 bits per heavy atom. The van der Waals surface area contributed by atoms with Crippen LogP contribution in [0.1, 0.15) is 16.7 Å². The summed E-state index contributed by atoms with van der Waals surface area (Å²) in [5.74, 6) is -0.0449. The number of aliphatic imine (C=N–C) groups is 1. The topological polar surface area (TPSA) is 109 Å². The van der Waals surface area contributed by atoms with Crippen molar-refractivity contribution in [2.24, 2.45) is 16.5 Å². The van der Waals surface area contributed by atoms with Gasteiger partial charge in [0.1, 0.15) is 0 Å². The molecule has 23 heavy (non-hydrogen) atoms. The number of benzene rings is 1. The Morgan fingerprint density at radius 3 is 2.48 bits per heavy atom. The summed E-state index contributed by atoms with van der Waals surface area (Å²) in [4.78, 5) is 16.1. The van der Waals surface area contributed by atoms with Gasteiger partial charge < -0.3 is 16.2 Å². The SMILES string of the molecule is COCc1ccc(Cn2nccc(CN=C(N)N)c2=O)cc1.Cl. The number of nitrogens with two attached hydrogens (primary N) is 2. The molecule has 0 saturated heterocycles. The van der Waals surface area contributed by atoms with Crippen molar-refractivity contribution in [3.05, 3.63) is 63.6 Å². The number of hydrogen-bond acceptors (Lipinski definition) is 4. The van der Waals surface area contributed by atoms with Crippen LogP contribution in [0, 0.1) is 0 Å². The molecule has 0 aliphatic carbocycles. The molecule has 7 nitrogen and oxygen atoms in total. The number of guanidine groups is 1. The normalized spacial score (nSPS) is 9.96. The molecule has 0 amide bonds. The molecule has 1 heterocycles. The van der Waals surface area contributed by atoms with Gasteiger partial charge in [0, 0.05) is 18.9 Å². The highest BCUT2D eigenvalue weighted by Crippen LogP contribution is 2.06. The lowest BCUT2D eigenvalue weighted by Gasteiger charge is -2.07. The maximum Gasteiger partial charge on any atom is 0.272 e. The lowest BCUT2D eigenvalue weighted by molar-refractivity contribution is 0.185. The van der Waals surface area contributed by atoms with Crippen molar-refractivity contribution in [3.63, 3.8) is 0 Å². The molecule has 0 saturated carbocycles. The summed E-state index contributed by atoms with van der Waals surface area (Å²) in [5, 5.41) is 4.09. The second kappa shape index (κ2) is 8.92. The van der Waals surface area contributed by atoms with Crippen LogP contribution in [-0.2, 0) is 24.4 Å². The fraction of sp³-hybridized carbons (Fsp3) is 0.267. The van der Waals surface area contributed by atoms with Crippen molar-refractivity contribution in [2.75, 3.05) is 7.11 Å². The zero-order valence-corrected chi connectivity index (χ0v) is 13.6. The molecule has 2 rings (SSSR count). The zero-order chi connectivity index (χ0) is 15.9. The number of rotatable bonds is 6. The van der Waals surface area contributed by atoms with E-state index in [1.54, 1.807) is 19.4 Å². The monoisotopic (exact) mass is 337 g/mol. The second-order valence-corrected chi connectivity index (χ2v) is 4.81. The average molecular weight is 338 g/mol. The van der Waals surface area contributed by atoms with Crippen LogP contribution >= 0.6 is 12.4 Å². The molecule has 0 fully saturated rings. The summed E-state index contributed by atoms with van der Waals surface area (Å²) in [6, 6.07) is 9.45. The van der Waals surface area contributed by atoms with Gasteiger partial charge >= 0.3 is 0 Å². The van der Waals surface area contributed by atoms with Crippen LogP contribution in [0.25, 0.3) is 0 Å². The van der Waals surface area contributed by atoms with Crippen molar-refractivity contribution in [3.8, 4) is 0 Å². The highest BCUT2D eigenvalue weighted by Gasteiger charge is 2.05. The van der Waals surface area contributed by atoms with Crippen molar-refractivity contribution >= 4 is 18.4 Å². The molecule has 8 heteroatoms. The lowest BCUT2D eigenvalue weighted by Crippen LogP contribution is -2.27. The van der Waals surface area contributed by atoms with Gasteiger partial charge in [0.05, 0.1) is 19.7 Å². The van der Waals surface area contributed by atoms with Gasteiger partial charge in [0.2, 0.25) is 0 Å². The molecule has 124 valence electrons. The quantitative estimate of drug-likeness (QED) is 0.593. The van der Waals surface area contributed by atoms with Crippen LogP contribution < -0.4 is 17.0 Å². The van der Waals surface area contributed by atoms with Crippen molar-refractivity contribution in [1.82, 2.24) is 9.78 Å².